The summed E-state index contributed by atoms with van der Waals surface area (Å²) in [6.45, 7) is 1.45. The van der Waals surface area contributed by atoms with Crippen LogP contribution in [0.1, 0.15) is 32.7 Å². The van der Waals surface area contributed by atoms with Gasteiger partial charge in [0.2, 0.25) is 5.88 Å². The van der Waals surface area contributed by atoms with Gasteiger partial charge in [-0.1, -0.05) is 12.1 Å². The molecule has 14 heteroatoms. The summed E-state index contributed by atoms with van der Waals surface area (Å²) in [4.78, 5) is 43.1. The number of methoxy groups -OCH3 is 2. The first-order valence-electron chi connectivity index (χ1n) is 11.1. The molecule has 1 atom stereocenters. The molecular formula is C24H23N5O8S. The van der Waals surface area contributed by atoms with Crippen LogP contribution in [0.4, 0.5) is 0 Å². The zero-order chi connectivity index (χ0) is 27.2. The van der Waals surface area contributed by atoms with Crippen LogP contribution in [-0.4, -0.2) is 49.4 Å². The Balaban J connectivity index is 1.43. The molecule has 0 fully saturated rings. The van der Waals surface area contributed by atoms with Gasteiger partial charge in [0.15, 0.2) is 10.8 Å². The number of carbonyl (C=O) groups excluding carboxylic acids is 1. The van der Waals surface area contributed by atoms with E-state index in [0.717, 1.165) is 0 Å². The largest absolute Gasteiger partial charge is 0.496 e. The van der Waals surface area contributed by atoms with Gasteiger partial charge in [-0.3, -0.25) is 9.19 Å². The average molecular weight is 542 g/mol. The first kappa shape index (κ1) is 26.5. The number of hydrogen-bond acceptors (Lipinski definition) is 11. The van der Waals surface area contributed by atoms with Gasteiger partial charge in [-0.15, -0.1) is 10.1 Å². The predicted octanol–water partition coefficient (Wildman–Crippen LogP) is 3.05. The van der Waals surface area contributed by atoms with E-state index in [1.54, 1.807) is 19.1 Å². The Morgan fingerprint density at radius 3 is 2.53 bits per heavy atom. The van der Waals surface area contributed by atoms with Gasteiger partial charge in [0, 0.05) is 17.8 Å². The molecule has 0 amide bonds. The van der Waals surface area contributed by atoms with E-state index in [0.29, 0.717) is 45.2 Å². The fourth-order valence-corrected chi connectivity index (χ4v) is 4.66. The minimum atomic E-state index is -1.54. The predicted molar refractivity (Wildman–Crippen MR) is 133 cm³/mol. The summed E-state index contributed by atoms with van der Waals surface area (Å²) >= 11 is 0. The van der Waals surface area contributed by atoms with Crippen LogP contribution in [-0.2, 0) is 39.3 Å². The van der Waals surface area contributed by atoms with Crippen molar-refractivity contribution in [3.63, 3.8) is 0 Å². The molecule has 0 aliphatic rings. The zero-order valence-electron chi connectivity index (χ0n) is 20.6. The highest BCUT2D eigenvalue weighted by Gasteiger charge is 2.19. The van der Waals surface area contributed by atoms with Crippen molar-refractivity contribution in [1.82, 2.24) is 19.9 Å². The molecule has 1 N–H and O–H groups in total. The highest BCUT2D eigenvalue weighted by atomic mass is 32.2. The summed E-state index contributed by atoms with van der Waals surface area (Å²) in [5.74, 6) is 0.347. The number of carbonyl (C=O) groups is 1. The molecule has 0 spiro atoms. The Labute approximate surface area is 218 Å². The van der Waals surface area contributed by atoms with Crippen molar-refractivity contribution in [2.45, 2.75) is 31.0 Å². The van der Waals surface area contributed by atoms with Gasteiger partial charge in [0.1, 0.15) is 19.0 Å². The number of nitrogens with one attached hydrogen (secondary N) is 1. The van der Waals surface area contributed by atoms with Crippen LogP contribution >= 0.6 is 0 Å². The van der Waals surface area contributed by atoms with E-state index in [9.17, 15) is 19.1 Å². The Morgan fingerprint density at radius 2 is 1.84 bits per heavy atom. The van der Waals surface area contributed by atoms with Crippen LogP contribution in [0.2, 0.25) is 0 Å². The summed E-state index contributed by atoms with van der Waals surface area (Å²) in [7, 11) is 1.45. The monoisotopic (exact) mass is 541 g/mol. The van der Waals surface area contributed by atoms with Gasteiger partial charge in [0.05, 0.1) is 53.1 Å². The second-order valence-corrected chi connectivity index (χ2v) is 9.28. The number of nitrogens with zero attached hydrogens (tertiary/aromatic N) is 4. The molecule has 0 radical (unpaired) electrons. The number of benzene rings is 1. The van der Waals surface area contributed by atoms with Crippen molar-refractivity contribution in [3.8, 4) is 11.6 Å². The second-order valence-electron chi connectivity index (χ2n) is 7.92. The molecule has 13 nitrogen and oxygen atoms in total. The molecule has 198 valence electrons. The molecule has 3 aromatic heterocycles. The minimum absolute atomic E-state index is 0.0751. The molecule has 3 heterocycles. The SMILES string of the molecule is COc1ccc2[nH]c(S(=O)Cc3ncc(COC(=O)c4ccc(CO[N+](=O)[O-])cc4)c(OC)c3C)nc2n1. The summed E-state index contributed by atoms with van der Waals surface area (Å²) in [6.07, 6.45) is 1.51. The molecular weight excluding hydrogens is 518 g/mol. The van der Waals surface area contributed by atoms with E-state index in [1.807, 2.05) is 0 Å². The van der Waals surface area contributed by atoms with Gasteiger partial charge in [-0.2, -0.15) is 4.98 Å². The summed E-state index contributed by atoms with van der Waals surface area (Å²) in [6, 6.07) is 9.48. The number of hydrogen-bond donors (Lipinski definition) is 1. The first-order chi connectivity index (χ1) is 18.3. The lowest BCUT2D eigenvalue weighted by atomic mass is 10.1. The zero-order valence-corrected chi connectivity index (χ0v) is 21.4. The van der Waals surface area contributed by atoms with E-state index < -0.39 is 21.9 Å². The molecule has 0 aliphatic carbocycles. The normalized spacial score (nSPS) is 11.7. The highest BCUT2D eigenvalue weighted by molar-refractivity contribution is 7.84. The quantitative estimate of drug-likeness (QED) is 0.168. The number of fused-ring (bicyclic) bond motifs is 1. The number of aromatic nitrogens is 4. The van der Waals surface area contributed by atoms with Crippen LogP contribution in [0.15, 0.2) is 47.8 Å². The topological polar surface area (TPSA) is 169 Å². The fraction of sp³-hybridized carbons (Fsp3) is 0.250. The molecule has 1 aromatic carbocycles. The van der Waals surface area contributed by atoms with E-state index in [1.165, 1.54) is 44.7 Å². The molecule has 38 heavy (non-hydrogen) atoms. The summed E-state index contributed by atoms with van der Waals surface area (Å²) < 4.78 is 29.0. The van der Waals surface area contributed by atoms with Crippen molar-refractivity contribution in [2.75, 3.05) is 14.2 Å². The van der Waals surface area contributed by atoms with Gasteiger partial charge >= 0.3 is 5.97 Å². The van der Waals surface area contributed by atoms with Gasteiger partial charge in [0.25, 0.3) is 5.09 Å². The van der Waals surface area contributed by atoms with Gasteiger partial charge < -0.3 is 24.0 Å². The third-order valence-electron chi connectivity index (χ3n) is 5.52. The molecule has 0 bridgehead atoms. The molecule has 4 rings (SSSR count). The molecule has 0 aliphatic heterocycles. The van der Waals surface area contributed by atoms with Gasteiger partial charge in [-0.25, -0.2) is 9.78 Å². The van der Waals surface area contributed by atoms with E-state index >= 15 is 0 Å². The number of pyridine rings is 2. The van der Waals surface area contributed by atoms with E-state index in [2.05, 4.69) is 24.8 Å². The molecule has 0 saturated heterocycles. The third-order valence-corrected chi connectivity index (χ3v) is 6.68. The smallest absolute Gasteiger partial charge is 0.338 e. The van der Waals surface area contributed by atoms with Gasteiger partial charge in [-0.05, 0) is 30.7 Å². The number of rotatable bonds is 11. The van der Waals surface area contributed by atoms with Crippen molar-refractivity contribution in [2.24, 2.45) is 0 Å². The number of imidazole rings is 1. The second kappa shape index (κ2) is 11.6. The molecule has 1 unspecified atom stereocenters. The molecule has 0 saturated carbocycles. The van der Waals surface area contributed by atoms with Crippen molar-refractivity contribution in [1.29, 1.82) is 0 Å². The van der Waals surface area contributed by atoms with Crippen LogP contribution in [0.25, 0.3) is 11.2 Å². The van der Waals surface area contributed by atoms with Crippen LogP contribution in [0.5, 0.6) is 11.6 Å². The van der Waals surface area contributed by atoms with Crippen LogP contribution in [0.3, 0.4) is 0 Å². The molecule has 4 aromatic rings. The number of H-pyrrole nitrogens is 1. The lowest BCUT2D eigenvalue weighted by molar-refractivity contribution is -0.763. The van der Waals surface area contributed by atoms with Crippen molar-refractivity contribution in [3.05, 3.63) is 80.7 Å². The highest BCUT2D eigenvalue weighted by Crippen LogP contribution is 2.27. The minimum Gasteiger partial charge on any atom is -0.496 e. The lowest BCUT2D eigenvalue weighted by Crippen LogP contribution is -2.09. The number of ether oxygens (including phenoxy) is 3. The van der Waals surface area contributed by atoms with Crippen molar-refractivity contribution < 1.29 is 33.1 Å². The summed E-state index contributed by atoms with van der Waals surface area (Å²) in [5, 5.41) is 9.68. The van der Waals surface area contributed by atoms with Crippen molar-refractivity contribution >= 4 is 27.9 Å². The van der Waals surface area contributed by atoms with E-state index in [4.69, 9.17) is 14.2 Å². The maximum absolute atomic E-state index is 13.0. The van der Waals surface area contributed by atoms with E-state index in [-0.39, 0.29) is 29.7 Å². The van der Waals surface area contributed by atoms with Crippen LogP contribution < -0.4 is 9.47 Å². The Kier molecular flexibility index (Phi) is 8.11. The third kappa shape index (κ3) is 6.03. The number of aromatic amines is 1. The maximum atomic E-state index is 13.0. The number of esters is 1. The Bertz CT molecular complexity index is 1510. The Hall–Kier alpha value is -4.59. The average Bonchev–Trinajstić information content (AvgIpc) is 3.35. The first-order valence-corrected chi connectivity index (χ1v) is 12.4. The Morgan fingerprint density at radius 1 is 1.08 bits per heavy atom. The van der Waals surface area contributed by atoms with Crippen LogP contribution in [0, 0.1) is 17.0 Å². The standard InChI is InChI=1S/C24H23N5O8S/c1-14-19(13-38(33)24-26-18-8-9-20(34-2)27-22(18)28-24)25-10-17(21(14)35-3)12-36-23(30)16-6-4-15(5-7-16)11-37-29(31)32/h4-10H,11-13H2,1-3H3,(H,26,27,28). The summed E-state index contributed by atoms with van der Waals surface area (Å²) in [5.41, 5.74) is 3.55. The lowest BCUT2D eigenvalue weighted by Gasteiger charge is -2.14. The fourth-order valence-electron chi connectivity index (χ4n) is 3.57. The maximum Gasteiger partial charge on any atom is 0.338 e.